The molecule has 0 bridgehead atoms. The molecule has 19 heavy (non-hydrogen) atoms. The lowest BCUT2D eigenvalue weighted by Crippen LogP contribution is -2.24. The van der Waals surface area contributed by atoms with E-state index in [1.54, 1.807) is 0 Å². The second-order valence-corrected chi connectivity index (χ2v) is 5.17. The van der Waals surface area contributed by atoms with Crippen molar-refractivity contribution in [3.05, 3.63) is 35.4 Å². The summed E-state index contributed by atoms with van der Waals surface area (Å²) in [4.78, 5) is 11.9. The van der Waals surface area contributed by atoms with Crippen LogP contribution in [0.4, 0.5) is 0 Å². The number of carbonyl (C=O) groups is 1. The first-order valence-electron chi connectivity index (χ1n) is 7.14. The van der Waals surface area contributed by atoms with Crippen LogP contribution in [0.1, 0.15) is 61.4 Å². The van der Waals surface area contributed by atoms with Crippen molar-refractivity contribution >= 4 is 5.91 Å². The summed E-state index contributed by atoms with van der Waals surface area (Å²) >= 11 is 0. The number of hydrogen-bond donors (Lipinski definition) is 2. The van der Waals surface area contributed by atoms with Crippen LogP contribution in [0.25, 0.3) is 0 Å². The normalized spacial score (nSPS) is 10.7. The van der Waals surface area contributed by atoms with Gasteiger partial charge in [0, 0.05) is 18.7 Å². The molecule has 0 aromatic heterocycles. The Balaban J connectivity index is 2.29. The van der Waals surface area contributed by atoms with E-state index in [2.05, 4.69) is 19.2 Å². The minimum Gasteiger partial charge on any atom is -0.396 e. The molecular formula is C16H25NO2. The summed E-state index contributed by atoms with van der Waals surface area (Å²) in [5.41, 5.74) is 1.97. The number of aliphatic hydroxyl groups is 1. The van der Waals surface area contributed by atoms with Gasteiger partial charge in [-0.1, -0.05) is 38.8 Å². The minimum atomic E-state index is -0.00235. The largest absolute Gasteiger partial charge is 0.396 e. The van der Waals surface area contributed by atoms with Gasteiger partial charge in [-0.15, -0.1) is 0 Å². The summed E-state index contributed by atoms with van der Waals surface area (Å²) in [5, 5.41) is 11.6. The quantitative estimate of drug-likeness (QED) is 0.708. The van der Waals surface area contributed by atoms with Crippen LogP contribution in [0, 0.1) is 0 Å². The number of rotatable bonds is 8. The van der Waals surface area contributed by atoms with E-state index in [0.717, 1.165) is 31.2 Å². The highest BCUT2D eigenvalue weighted by molar-refractivity contribution is 5.94. The molecule has 0 unspecified atom stereocenters. The van der Waals surface area contributed by atoms with E-state index in [0.29, 0.717) is 12.5 Å². The molecule has 0 saturated heterocycles. The fourth-order valence-corrected chi connectivity index (χ4v) is 1.91. The molecule has 0 aliphatic heterocycles. The third-order valence-electron chi connectivity index (χ3n) is 3.21. The number of nitrogens with one attached hydrogen (secondary N) is 1. The van der Waals surface area contributed by atoms with Crippen LogP contribution in [0.2, 0.25) is 0 Å². The highest BCUT2D eigenvalue weighted by atomic mass is 16.2. The maximum atomic E-state index is 11.9. The van der Waals surface area contributed by atoms with Crippen molar-refractivity contribution < 1.29 is 9.90 Å². The molecule has 1 amide bonds. The van der Waals surface area contributed by atoms with Crippen LogP contribution in [0.15, 0.2) is 24.3 Å². The zero-order valence-corrected chi connectivity index (χ0v) is 12.0. The van der Waals surface area contributed by atoms with Crippen molar-refractivity contribution in [1.29, 1.82) is 0 Å². The van der Waals surface area contributed by atoms with Gasteiger partial charge >= 0.3 is 0 Å². The van der Waals surface area contributed by atoms with Crippen LogP contribution in [-0.4, -0.2) is 24.2 Å². The molecule has 0 aliphatic rings. The van der Waals surface area contributed by atoms with Crippen LogP contribution < -0.4 is 5.32 Å². The molecule has 0 heterocycles. The average molecular weight is 263 g/mol. The Morgan fingerprint density at radius 1 is 1.11 bits per heavy atom. The van der Waals surface area contributed by atoms with Gasteiger partial charge in [-0.25, -0.2) is 0 Å². The molecule has 3 heteroatoms. The van der Waals surface area contributed by atoms with Crippen molar-refractivity contribution in [2.45, 2.75) is 45.4 Å². The predicted octanol–water partition coefficient (Wildman–Crippen LogP) is 3.09. The fraction of sp³-hybridized carbons (Fsp3) is 0.562. The number of carbonyl (C=O) groups excluding carboxylic acids is 1. The zero-order valence-electron chi connectivity index (χ0n) is 12.0. The Bertz CT molecular complexity index is 371. The number of amides is 1. The number of hydrogen-bond acceptors (Lipinski definition) is 2. The Morgan fingerprint density at radius 2 is 1.74 bits per heavy atom. The van der Waals surface area contributed by atoms with Crippen molar-refractivity contribution in [3.63, 3.8) is 0 Å². The molecule has 2 N–H and O–H groups in total. The summed E-state index contributed by atoms with van der Waals surface area (Å²) in [6.07, 6.45) is 3.89. The third-order valence-corrected chi connectivity index (χ3v) is 3.21. The van der Waals surface area contributed by atoms with Crippen molar-refractivity contribution in [2.75, 3.05) is 13.2 Å². The summed E-state index contributed by atoms with van der Waals surface area (Å²) < 4.78 is 0. The molecule has 0 saturated carbocycles. The first-order chi connectivity index (χ1) is 9.15. The van der Waals surface area contributed by atoms with Gasteiger partial charge in [0.1, 0.15) is 0 Å². The lowest BCUT2D eigenvalue weighted by molar-refractivity contribution is 0.0953. The lowest BCUT2D eigenvalue weighted by Gasteiger charge is -2.08. The molecule has 0 aliphatic carbocycles. The second-order valence-electron chi connectivity index (χ2n) is 5.17. The van der Waals surface area contributed by atoms with Gasteiger partial charge in [-0.2, -0.15) is 0 Å². The standard InChI is InChI=1S/C16H25NO2/c1-13(2)14-7-9-15(10-8-14)16(19)17-11-5-3-4-6-12-18/h7-10,13,18H,3-6,11-12H2,1-2H3,(H,17,19). The number of aliphatic hydroxyl groups excluding tert-OH is 1. The summed E-state index contributed by atoms with van der Waals surface area (Å²) in [5.74, 6) is 0.487. The maximum absolute atomic E-state index is 11.9. The number of unbranched alkanes of at least 4 members (excludes halogenated alkanes) is 3. The predicted molar refractivity (Wildman–Crippen MR) is 78.4 cm³/mol. The highest BCUT2D eigenvalue weighted by Crippen LogP contribution is 2.14. The Morgan fingerprint density at radius 3 is 2.32 bits per heavy atom. The van der Waals surface area contributed by atoms with E-state index in [4.69, 9.17) is 5.11 Å². The van der Waals surface area contributed by atoms with Crippen LogP contribution in [0.3, 0.4) is 0 Å². The van der Waals surface area contributed by atoms with Gasteiger partial charge in [-0.05, 0) is 36.5 Å². The third kappa shape index (κ3) is 5.88. The monoisotopic (exact) mass is 263 g/mol. The Kier molecular flexibility index (Phi) is 7.19. The SMILES string of the molecule is CC(C)c1ccc(C(=O)NCCCCCCO)cc1. The molecule has 0 radical (unpaired) electrons. The highest BCUT2D eigenvalue weighted by Gasteiger charge is 2.05. The maximum Gasteiger partial charge on any atom is 0.251 e. The first-order valence-corrected chi connectivity index (χ1v) is 7.14. The Hall–Kier alpha value is -1.35. The van der Waals surface area contributed by atoms with Crippen LogP contribution >= 0.6 is 0 Å². The first kappa shape index (κ1) is 15.7. The zero-order chi connectivity index (χ0) is 14.1. The van der Waals surface area contributed by atoms with Gasteiger partial charge < -0.3 is 10.4 Å². The average Bonchev–Trinajstić information content (AvgIpc) is 2.42. The lowest BCUT2D eigenvalue weighted by atomic mass is 10.0. The molecule has 106 valence electrons. The Labute approximate surface area is 116 Å². The van der Waals surface area contributed by atoms with E-state index in [-0.39, 0.29) is 12.5 Å². The fourth-order valence-electron chi connectivity index (χ4n) is 1.91. The topological polar surface area (TPSA) is 49.3 Å². The van der Waals surface area contributed by atoms with E-state index in [1.807, 2.05) is 24.3 Å². The van der Waals surface area contributed by atoms with E-state index < -0.39 is 0 Å². The van der Waals surface area contributed by atoms with Gasteiger partial charge in [0.05, 0.1) is 0 Å². The molecule has 1 rings (SSSR count). The summed E-state index contributed by atoms with van der Waals surface area (Å²) in [7, 11) is 0. The van der Waals surface area contributed by atoms with Crippen LogP contribution in [0.5, 0.6) is 0 Å². The molecule has 1 aromatic rings. The molecule has 1 aromatic carbocycles. The molecule has 0 spiro atoms. The van der Waals surface area contributed by atoms with Crippen LogP contribution in [-0.2, 0) is 0 Å². The van der Waals surface area contributed by atoms with Gasteiger partial charge in [-0.3, -0.25) is 4.79 Å². The van der Waals surface area contributed by atoms with Crippen molar-refractivity contribution in [2.24, 2.45) is 0 Å². The van der Waals surface area contributed by atoms with Gasteiger partial charge in [0.2, 0.25) is 0 Å². The smallest absolute Gasteiger partial charge is 0.251 e. The van der Waals surface area contributed by atoms with E-state index in [9.17, 15) is 4.79 Å². The van der Waals surface area contributed by atoms with Gasteiger partial charge in [0.15, 0.2) is 0 Å². The van der Waals surface area contributed by atoms with Crippen molar-refractivity contribution in [3.8, 4) is 0 Å². The second kappa shape index (κ2) is 8.70. The van der Waals surface area contributed by atoms with E-state index >= 15 is 0 Å². The summed E-state index contributed by atoms with van der Waals surface area (Å²) in [6.45, 7) is 5.24. The minimum absolute atomic E-state index is 0.00235. The molecule has 3 nitrogen and oxygen atoms in total. The number of benzene rings is 1. The van der Waals surface area contributed by atoms with Gasteiger partial charge in [0.25, 0.3) is 5.91 Å². The molecule has 0 fully saturated rings. The van der Waals surface area contributed by atoms with E-state index in [1.165, 1.54) is 5.56 Å². The van der Waals surface area contributed by atoms with Crippen molar-refractivity contribution in [1.82, 2.24) is 5.32 Å². The summed E-state index contributed by atoms with van der Waals surface area (Å²) in [6, 6.07) is 7.80. The molecule has 0 atom stereocenters. The molecular weight excluding hydrogens is 238 g/mol.